The molecule has 8 heteroatoms. The molecule has 0 fully saturated rings. The number of nitrogens with one attached hydrogen (secondary N) is 1. The van der Waals surface area contributed by atoms with Crippen molar-refractivity contribution in [2.24, 2.45) is 0 Å². The summed E-state index contributed by atoms with van der Waals surface area (Å²) in [7, 11) is 1.52. The van der Waals surface area contributed by atoms with Gasteiger partial charge in [0.1, 0.15) is 23.6 Å². The lowest BCUT2D eigenvalue weighted by molar-refractivity contribution is -0.156. The Hall–Kier alpha value is -3.36. The van der Waals surface area contributed by atoms with Gasteiger partial charge in [-0.2, -0.15) is 0 Å². The van der Waals surface area contributed by atoms with Crippen molar-refractivity contribution in [1.82, 2.24) is 14.9 Å². The highest BCUT2D eigenvalue weighted by molar-refractivity contribution is 5.79. The number of unbranched alkanes of at least 4 members (excludes halogenated alkanes) is 1. The standard InChI is InChI=1S/C36H49FN4O3/c1-36(2,3)44-35(42)33(40-34-24-29(19-21-38-34)27-12-6-5-7-13-27)20-23-41(25-30(37)26-43-4)22-11-10-15-31-18-17-28-14-8-9-16-32(28)39-31/h5-7,12-13,17-19,21,24,30,33H,8-11,14-16,20,22-23,25-26H2,1-4H3,(H,38,40)/t30-,33-/m0/s1. The largest absolute Gasteiger partial charge is 0.458 e. The van der Waals surface area contributed by atoms with Gasteiger partial charge in [-0.15, -0.1) is 0 Å². The number of esters is 1. The Morgan fingerprint density at radius 1 is 1.02 bits per heavy atom. The van der Waals surface area contributed by atoms with Crippen molar-refractivity contribution in [3.63, 3.8) is 0 Å². The molecule has 3 aromatic rings. The molecule has 1 aliphatic rings. The first-order chi connectivity index (χ1) is 21.2. The maximum absolute atomic E-state index is 14.8. The molecule has 4 rings (SSSR count). The van der Waals surface area contributed by atoms with Crippen LogP contribution in [0.4, 0.5) is 10.2 Å². The molecular weight excluding hydrogens is 555 g/mol. The first kappa shape index (κ1) is 33.5. The van der Waals surface area contributed by atoms with E-state index in [-0.39, 0.29) is 19.1 Å². The number of nitrogens with zero attached hydrogens (tertiary/aromatic N) is 3. The van der Waals surface area contributed by atoms with E-state index in [2.05, 4.69) is 27.3 Å². The summed E-state index contributed by atoms with van der Waals surface area (Å²) in [5.41, 5.74) is 5.23. The van der Waals surface area contributed by atoms with E-state index in [1.807, 2.05) is 63.2 Å². The van der Waals surface area contributed by atoms with Crippen LogP contribution >= 0.6 is 0 Å². The third kappa shape index (κ3) is 11.0. The lowest BCUT2D eigenvalue weighted by Crippen LogP contribution is -2.41. The summed E-state index contributed by atoms with van der Waals surface area (Å²) in [6.07, 6.45) is 8.53. The monoisotopic (exact) mass is 604 g/mol. The molecule has 0 saturated heterocycles. The van der Waals surface area contributed by atoms with Gasteiger partial charge in [-0.25, -0.2) is 14.2 Å². The molecule has 238 valence electrons. The fraction of sp³-hybridized carbons (Fsp3) is 0.528. The summed E-state index contributed by atoms with van der Waals surface area (Å²) in [6, 6.07) is 17.7. The Labute approximate surface area is 262 Å². The quantitative estimate of drug-likeness (QED) is 0.142. The van der Waals surface area contributed by atoms with Gasteiger partial charge in [-0.1, -0.05) is 36.4 Å². The van der Waals surface area contributed by atoms with Crippen LogP contribution in [-0.4, -0.2) is 72.0 Å². The van der Waals surface area contributed by atoms with Gasteiger partial charge in [0.25, 0.3) is 0 Å². The molecule has 0 unspecified atom stereocenters. The second kappa shape index (κ2) is 16.6. The van der Waals surface area contributed by atoms with Crippen LogP contribution in [0.5, 0.6) is 0 Å². The van der Waals surface area contributed by atoms with E-state index < -0.39 is 17.8 Å². The van der Waals surface area contributed by atoms with E-state index in [9.17, 15) is 9.18 Å². The van der Waals surface area contributed by atoms with Crippen molar-refractivity contribution in [2.45, 2.75) is 90.0 Å². The van der Waals surface area contributed by atoms with E-state index in [0.29, 0.717) is 18.8 Å². The van der Waals surface area contributed by atoms with E-state index >= 15 is 0 Å². The number of fused-ring (bicyclic) bond motifs is 1. The highest BCUT2D eigenvalue weighted by Gasteiger charge is 2.27. The normalized spacial score (nSPS) is 14.6. The summed E-state index contributed by atoms with van der Waals surface area (Å²) in [6.45, 7) is 7.11. The molecule has 7 nitrogen and oxygen atoms in total. The molecule has 1 N–H and O–H groups in total. The Morgan fingerprint density at radius 2 is 1.82 bits per heavy atom. The fourth-order valence-corrected chi connectivity index (χ4v) is 5.65. The number of halogens is 1. The number of aromatic nitrogens is 2. The van der Waals surface area contributed by atoms with Crippen LogP contribution in [0.1, 0.15) is 69.8 Å². The maximum Gasteiger partial charge on any atom is 0.329 e. The third-order valence-corrected chi connectivity index (χ3v) is 7.81. The van der Waals surface area contributed by atoms with Crippen LogP contribution in [0, 0.1) is 0 Å². The minimum absolute atomic E-state index is 0.0412. The molecule has 0 radical (unpaired) electrons. The molecule has 1 aliphatic carbocycles. The number of hydrogen-bond donors (Lipinski definition) is 1. The van der Waals surface area contributed by atoms with Crippen molar-refractivity contribution in [3.05, 3.63) is 77.7 Å². The Morgan fingerprint density at radius 3 is 2.59 bits per heavy atom. The second-order valence-corrected chi connectivity index (χ2v) is 12.7. The molecule has 44 heavy (non-hydrogen) atoms. The molecule has 0 saturated carbocycles. The van der Waals surface area contributed by atoms with Crippen LogP contribution < -0.4 is 5.32 Å². The number of rotatable bonds is 16. The third-order valence-electron chi connectivity index (χ3n) is 7.81. The minimum Gasteiger partial charge on any atom is -0.458 e. The lowest BCUT2D eigenvalue weighted by Gasteiger charge is -2.28. The number of alkyl halides is 1. The summed E-state index contributed by atoms with van der Waals surface area (Å²) >= 11 is 0. The van der Waals surface area contributed by atoms with Gasteiger partial charge in [0, 0.05) is 37.8 Å². The molecule has 0 bridgehead atoms. The van der Waals surface area contributed by atoms with Gasteiger partial charge in [0.2, 0.25) is 0 Å². The molecule has 2 atom stereocenters. The summed E-state index contributed by atoms with van der Waals surface area (Å²) in [5, 5.41) is 3.32. The smallest absolute Gasteiger partial charge is 0.329 e. The summed E-state index contributed by atoms with van der Waals surface area (Å²) in [4.78, 5) is 24.8. The van der Waals surface area contributed by atoms with Crippen LogP contribution in [0.3, 0.4) is 0 Å². The number of ether oxygens (including phenoxy) is 2. The van der Waals surface area contributed by atoms with E-state index in [4.69, 9.17) is 14.5 Å². The molecule has 2 heterocycles. The highest BCUT2D eigenvalue weighted by atomic mass is 19.1. The number of hydrogen-bond acceptors (Lipinski definition) is 7. The average Bonchev–Trinajstić information content (AvgIpc) is 3.00. The van der Waals surface area contributed by atoms with Gasteiger partial charge in [-0.05, 0) is 114 Å². The summed E-state index contributed by atoms with van der Waals surface area (Å²) < 4.78 is 25.6. The average molecular weight is 605 g/mol. The summed E-state index contributed by atoms with van der Waals surface area (Å²) in [5.74, 6) is 0.241. The zero-order valence-corrected chi connectivity index (χ0v) is 26.9. The Bertz CT molecular complexity index is 1310. The van der Waals surface area contributed by atoms with E-state index in [0.717, 1.165) is 55.5 Å². The van der Waals surface area contributed by atoms with Gasteiger partial charge in [0.15, 0.2) is 0 Å². The number of carbonyl (C=O) groups is 1. The molecule has 2 aromatic heterocycles. The van der Waals surface area contributed by atoms with Crippen molar-refractivity contribution >= 4 is 11.8 Å². The van der Waals surface area contributed by atoms with Gasteiger partial charge in [0.05, 0.1) is 6.61 Å². The minimum atomic E-state index is -1.11. The molecular formula is C36H49FN4O3. The first-order valence-corrected chi connectivity index (χ1v) is 16.0. The predicted octanol–water partition coefficient (Wildman–Crippen LogP) is 6.84. The molecule has 0 aliphatic heterocycles. The number of pyridine rings is 2. The van der Waals surface area contributed by atoms with Crippen molar-refractivity contribution < 1.29 is 18.7 Å². The Balaban J connectivity index is 1.40. The number of aryl methyl sites for hydroxylation is 3. The Kier molecular flexibility index (Phi) is 12.7. The number of carbonyl (C=O) groups excluding carboxylic acids is 1. The molecule has 1 aromatic carbocycles. The number of methoxy groups -OCH3 is 1. The lowest BCUT2D eigenvalue weighted by atomic mass is 9.95. The maximum atomic E-state index is 14.8. The molecule has 0 amide bonds. The first-order valence-electron chi connectivity index (χ1n) is 16.0. The van der Waals surface area contributed by atoms with E-state index in [1.165, 1.54) is 31.2 Å². The predicted molar refractivity (Wildman–Crippen MR) is 175 cm³/mol. The number of anilines is 1. The fourth-order valence-electron chi connectivity index (χ4n) is 5.65. The van der Waals surface area contributed by atoms with Crippen LogP contribution in [-0.2, 0) is 33.5 Å². The van der Waals surface area contributed by atoms with Crippen LogP contribution in [0.2, 0.25) is 0 Å². The second-order valence-electron chi connectivity index (χ2n) is 12.7. The molecule has 0 spiro atoms. The topological polar surface area (TPSA) is 76.6 Å². The van der Waals surface area contributed by atoms with Gasteiger partial charge in [-0.3, -0.25) is 4.98 Å². The zero-order chi connectivity index (χ0) is 31.4. The number of benzene rings is 1. The van der Waals surface area contributed by atoms with E-state index in [1.54, 1.807) is 6.20 Å². The zero-order valence-electron chi connectivity index (χ0n) is 26.9. The van der Waals surface area contributed by atoms with Crippen molar-refractivity contribution in [2.75, 3.05) is 38.7 Å². The van der Waals surface area contributed by atoms with Crippen molar-refractivity contribution in [1.29, 1.82) is 0 Å². The van der Waals surface area contributed by atoms with Crippen LogP contribution in [0.25, 0.3) is 11.1 Å². The van der Waals surface area contributed by atoms with Crippen molar-refractivity contribution in [3.8, 4) is 11.1 Å². The van der Waals surface area contributed by atoms with Gasteiger partial charge >= 0.3 is 5.97 Å². The van der Waals surface area contributed by atoms with Crippen LogP contribution in [0.15, 0.2) is 60.8 Å². The van der Waals surface area contributed by atoms with Gasteiger partial charge < -0.3 is 19.7 Å². The SMILES string of the molecule is COC[C@@H](F)CN(CCCCc1ccc2c(n1)CCCC2)CC[C@H](Nc1cc(-c2ccccc2)ccn1)C(=O)OC(C)(C)C. The highest BCUT2D eigenvalue weighted by Crippen LogP contribution is 2.23.